The highest BCUT2D eigenvalue weighted by molar-refractivity contribution is 5.77. The van der Waals surface area contributed by atoms with Crippen molar-refractivity contribution < 1.29 is 0 Å². The van der Waals surface area contributed by atoms with Gasteiger partial charge in [0.1, 0.15) is 5.82 Å². The summed E-state index contributed by atoms with van der Waals surface area (Å²) in [6.07, 6.45) is 5.79. The third-order valence-corrected chi connectivity index (χ3v) is 5.22. The first-order chi connectivity index (χ1) is 13.7. The number of benzene rings is 2. The smallest absolute Gasteiger partial charge is 0.261 e. The van der Waals surface area contributed by atoms with E-state index in [1.165, 1.54) is 19.3 Å². The van der Waals surface area contributed by atoms with Gasteiger partial charge in [-0.05, 0) is 37.1 Å². The van der Waals surface area contributed by atoms with E-state index in [1.807, 2.05) is 47.0 Å². The van der Waals surface area contributed by atoms with E-state index in [9.17, 15) is 4.79 Å². The van der Waals surface area contributed by atoms with Crippen molar-refractivity contribution in [3.8, 4) is 0 Å². The number of hydrogen-bond donors (Lipinski definition) is 1. The second kappa shape index (κ2) is 10.2. The zero-order valence-electron chi connectivity index (χ0n) is 17.0. The van der Waals surface area contributed by atoms with Crippen molar-refractivity contribution in [1.82, 2.24) is 14.9 Å². The van der Waals surface area contributed by atoms with Crippen molar-refractivity contribution in [2.75, 3.05) is 6.54 Å². The van der Waals surface area contributed by atoms with Gasteiger partial charge in [0.25, 0.3) is 5.56 Å². The highest BCUT2D eigenvalue weighted by Crippen LogP contribution is 2.18. The summed E-state index contributed by atoms with van der Waals surface area (Å²) in [6.45, 7) is 5.87. The first kappa shape index (κ1) is 20.3. The fourth-order valence-corrected chi connectivity index (χ4v) is 3.62. The summed E-state index contributed by atoms with van der Waals surface area (Å²) in [4.78, 5) is 18.2. The maximum Gasteiger partial charge on any atom is 0.261 e. The molecule has 28 heavy (non-hydrogen) atoms. The van der Waals surface area contributed by atoms with Crippen molar-refractivity contribution in [2.45, 2.75) is 58.5 Å². The molecule has 0 aliphatic carbocycles. The van der Waals surface area contributed by atoms with Crippen LogP contribution in [0.1, 0.15) is 63.4 Å². The number of rotatable bonds is 10. The van der Waals surface area contributed by atoms with Crippen LogP contribution in [0.5, 0.6) is 0 Å². The summed E-state index contributed by atoms with van der Waals surface area (Å²) in [6, 6.07) is 17.9. The lowest BCUT2D eigenvalue weighted by molar-refractivity contribution is 0.455. The fourth-order valence-electron chi connectivity index (χ4n) is 3.62. The minimum Gasteiger partial charge on any atom is -0.307 e. The molecule has 3 aromatic rings. The summed E-state index contributed by atoms with van der Waals surface area (Å²) < 4.78 is 1.85. The van der Waals surface area contributed by atoms with E-state index in [4.69, 9.17) is 4.98 Å². The summed E-state index contributed by atoms with van der Waals surface area (Å²) in [5.41, 5.74) is 1.93. The zero-order chi connectivity index (χ0) is 19.8. The molecule has 0 saturated carbocycles. The van der Waals surface area contributed by atoms with Crippen LogP contribution in [0.25, 0.3) is 10.9 Å². The molecule has 1 aromatic heterocycles. The second-order valence-corrected chi connectivity index (χ2v) is 7.34. The number of nitrogens with one attached hydrogen (secondary N) is 1. The molecule has 4 heteroatoms. The number of nitrogens with zero attached hydrogens (tertiary/aromatic N) is 2. The Kier molecular flexibility index (Phi) is 7.38. The molecule has 0 radical (unpaired) electrons. The number of fused-ring (bicyclic) bond motifs is 1. The van der Waals surface area contributed by atoms with Gasteiger partial charge < -0.3 is 5.32 Å². The average Bonchev–Trinajstić information content (AvgIpc) is 2.74. The highest BCUT2D eigenvalue weighted by Gasteiger charge is 2.18. The van der Waals surface area contributed by atoms with E-state index in [0.717, 1.165) is 36.3 Å². The van der Waals surface area contributed by atoms with Gasteiger partial charge in [0.15, 0.2) is 0 Å². The Bertz CT molecular complexity index is 933. The molecular weight excluding hydrogens is 346 g/mol. The SMILES string of the molecule is CCCCCCN[C@@H](CC)c1nc2ccccc2c(=O)n1Cc1ccccc1. The van der Waals surface area contributed by atoms with Crippen LogP contribution < -0.4 is 10.9 Å². The third kappa shape index (κ3) is 4.87. The van der Waals surface area contributed by atoms with Gasteiger partial charge in [0.05, 0.1) is 23.5 Å². The summed E-state index contributed by atoms with van der Waals surface area (Å²) in [5.74, 6) is 0.838. The van der Waals surface area contributed by atoms with Gasteiger partial charge in [-0.15, -0.1) is 0 Å². The molecule has 0 unspecified atom stereocenters. The molecule has 0 spiro atoms. The van der Waals surface area contributed by atoms with Crippen LogP contribution in [-0.4, -0.2) is 16.1 Å². The molecule has 0 bridgehead atoms. The first-order valence-electron chi connectivity index (χ1n) is 10.5. The van der Waals surface area contributed by atoms with Crippen LogP contribution in [0, 0.1) is 0 Å². The highest BCUT2D eigenvalue weighted by atomic mass is 16.1. The molecule has 1 N–H and O–H groups in total. The Morgan fingerprint density at radius 1 is 0.964 bits per heavy atom. The molecule has 0 amide bonds. The third-order valence-electron chi connectivity index (χ3n) is 5.22. The lowest BCUT2D eigenvalue weighted by Gasteiger charge is -2.22. The van der Waals surface area contributed by atoms with Gasteiger partial charge in [0, 0.05) is 0 Å². The standard InChI is InChI=1S/C24H31N3O/c1-3-5-6-12-17-25-21(4-2)23-26-22-16-11-10-15-20(22)24(28)27(23)18-19-13-8-7-9-14-19/h7-11,13-16,21,25H,3-6,12,17-18H2,1-2H3/t21-/m0/s1. The monoisotopic (exact) mass is 377 g/mol. The molecule has 4 nitrogen and oxygen atoms in total. The van der Waals surface area contributed by atoms with Gasteiger partial charge >= 0.3 is 0 Å². The van der Waals surface area contributed by atoms with Crippen LogP contribution in [0.4, 0.5) is 0 Å². The van der Waals surface area contributed by atoms with Gasteiger partial charge in [-0.2, -0.15) is 0 Å². The molecule has 1 heterocycles. The molecule has 0 aliphatic heterocycles. The molecule has 1 atom stereocenters. The van der Waals surface area contributed by atoms with Gasteiger partial charge in [-0.25, -0.2) is 4.98 Å². The van der Waals surface area contributed by atoms with Gasteiger partial charge in [0.2, 0.25) is 0 Å². The number of aromatic nitrogens is 2. The van der Waals surface area contributed by atoms with E-state index in [0.29, 0.717) is 11.9 Å². The molecule has 148 valence electrons. The summed E-state index contributed by atoms with van der Waals surface area (Å²) in [7, 11) is 0. The molecule has 0 aliphatic rings. The van der Waals surface area contributed by atoms with Crippen LogP contribution in [-0.2, 0) is 6.54 Å². The Hall–Kier alpha value is -2.46. The number of para-hydroxylation sites is 1. The molecule has 0 saturated heterocycles. The minimum absolute atomic E-state index is 0.0377. The molecular formula is C24H31N3O. The molecule has 2 aromatic carbocycles. The average molecular weight is 378 g/mol. The largest absolute Gasteiger partial charge is 0.307 e. The first-order valence-corrected chi connectivity index (χ1v) is 10.5. The quantitative estimate of drug-likeness (QED) is 0.502. The Balaban J connectivity index is 1.96. The Morgan fingerprint density at radius 2 is 1.71 bits per heavy atom. The molecule has 0 fully saturated rings. The van der Waals surface area contributed by atoms with E-state index in [2.05, 4.69) is 31.3 Å². The lowest BCUT2D eigenvalue weighted by atomic mass is 10.1. The maximum atomic E-state index is 13.3. The molecule has 3 rings (SSSR count). The normalized spacial score (nSPS) is 12.4. The van der Waals surface area contributed by atoms with E-state index in [1.54, 1.807) is 0 Å². The Labute approximate surface area is 167 Å². The van der Waals surface area contributed by atoms with Crippen molar-refractivity contribution in [3.63, 3.8) is 0 Å². The number of hydrogen-bond acceptors (Lipinski definition) is 3. The number of unbranched alkanes of at least 4 members (excludes halogenated alkanes) is 3. The maximum absolute atomic E-state index is 13.3. The van der Waals surface area contributed by atoms with Gasteiger partial charge in [-0.1, -0.05) is 75.6 Å². The van der Waals surface area contributed by atoms with Gasteiger partial charge in [-0.3, -0.25) is 9.36 Å². The van der Waals surface area contributed by atoms with Crippen molar-refractivity contribution in [3.05, 3.63) is 76.3 Å². The van der Waals surface area contributed by atoms with Crippen molar-refractivity contribution in [2.24, 2.45) is 0 Å². The minimum atomic E-state index is 0.0377. The van der Waals surface area contributed by atoms with Crippen LogP contribution >= 0.6 is 0 Å². The summed E-state index contributed by atoms with van der Waals surface area (Å²) in [5, 5.41) is 4.32. The van der Waals surface area contributed by atoms with E-state index < -0.39 is 0 Å². The van der Waals surface area contributed by atoms with Crippen LogP contribution in [0.3, 0.4) is 0 Å². The zero-order valence-corrected chi connectivity index (χ0v) is 17.0. The van der Waals surface area contributed by atoms with Crippen LogP contribution in [0.15, 0.2) is 59.4 Å². The summed E-state index contributed by atoms with van der Waals surface area (Å²) >= 11 is 0. The van der Waals surface area contributed by atoms with Crippen molar-refractivity contribution in [1.29, 1.82) is 0 Å². The van der Waals surface area contributed by atoms with E-state index in [-0.39, 0.29) is 11.6 Å². The predicted octanol–water partition coefficient (Wildman–Crippen LogP) is 5.07. The predicted molar refractivity (Wildman–Crippen MR) is 117 cm³/mol. The fraction of sp³-hybridized carbons (Fsp3) is 0.417. The van der Waals surface area contributed by atoms with Crippen LogP contribution in [0.2, 0.25) is 0 Å². The second-order valence-electron chi connectivity index (χ2n) is 7.34. The topological polar surface area (TPSA) is 46.9 Å². The van der Waals surface area contributed by atoms with E-state index >= 15 is 0 Å². The Morgan fingerprint density at radius 3 is 2.46 bits per heavy atom. The lowest BCUT2D eigenvalue weighted by Crippen LogP contribution is -2.32. The van der Waals surface area contributed by atoms with Crippen molar-refractivity contribution >= 4 is 10.9 Å².